The second-order valence-corrected chi connectivity index (χ2v) is 8.61. The second-order valence-electron chi connectivity index (χ2n) is 8.61. The van der Waals surface area contributed by atoms with Crippen molar-refractivity contribution in [2.24, 2.45) is 11.8 Å². The summed E-state index contributed by atoms with van der Waals surface area (Å²) in [6.07, 6.45) is 5.80. The van der Waals surface area contributed by atoms with Gasteiger partial charge in [0.15, 0.2) is 0 Å². The molecule has 1 unspecified atom stereocenters. The lowest BCUT2D eigenvalue weighted by Gasteiger charge is -2.49. The Hall–Kier alpha value is -3.26. The lowest BCUT2D eigenvalue weighted by atomic mass is 9.75. The van der Waals surface area contributed by atoms with Crippen LogP contribution in [0.25, 0.3) is 11.4 Å². The molecule has 1 N–H and O–H groups in total. The van der Waals surface area contributed by atoms with Gasteiger partial charge in [-0.3, -0.25) is 19.4 Å². The van der Waals surface area contributed by atoms with Crippen molar-refractivity contribution in [2.75, 3.05) is 20.2 Å². The van der Waals surface area contributed by atoms with Crippen LogP contribution in [0.2, 0.25) is 0 Å². The average Bonchev–Trinajstić information content (AvgIpc) is 3.32. The van der Waals surface area contributed by atoms with Crippen molar-refractivity contribution in [2.45, 2.75) is 32.0 Å². The zero-order valence-corrected chi connectivity index (χ0v) is 18.2. The fourth-order valence-electron chi connectivity index (χ4n) is 5.02. The molecule has 6 rings (SSSR count). The second kappa shape index (κ2) is 9.08. The Morgan fingerprint density at radius 1 is 1.19 bits per heavy atom. The van der Waals surface area contributed by atoms with Gasteiger partial charge in [-0.1, -0.05) is 29.5 Å². The van der Waals surface area contributed by atoms with E-state index < -0.39 is 0 Å². The fraction of sp³-hybridized carbons (Fsp3) is 0.417. The molecular formula is C24H28N6O2. The number of nitrogens with one attached hydrogen (secondary N) is 1. The van der Waals surface area contributed by atoms with Crippen LogP contribution >= 0.6 is 0 Å². The topological polar surface area (TPSA) is 85.2 Å². The van der Waals surface area contributed by atoms with E-state index in [1.54, 1.807) is 13.3 Å². The first-order valence-corrected chi connectivity index (χ1v) is 11.2. The largest absolute Gasteiger partial charge is 0.496 e. The summed E-state index contributed by atoms with van der Waals surface area (Å²) in [7, 11) is 1.66. The van der Waals surface area contributed by atoms with Gasteiger partial charge in [-0.15, -0.1) is 5.10 Å². The van der Waals surface area contributed by atoms with Crippen molar-refractivity contribution in [1.29, 1.82) is 0 Å². The van der Waals surface area contributed by atoms with E-state index in [1.807, 2.05) is 53.3 Å². The molecule has 4 atom stereocenters. The minimum Gasteiger partial charge on any atom is -0.496 e. The summed E-state index contributed by atoms with van der Waals surface area (Å²) in [5.41, 5.74) is 2.61. The number of pyridine rings is 1. The Bertz CT molecular complexity index is 1070. The highest BCUT2D eigenvalue weighted by Crippen LogP contribution is 2.37. The standard InChI is InChI=1S/C24H28N6O2/c1-32-23-8-3-2-6-18(23)13-26-24(31)20-15-29-11-9-17(20)12-19(29)14-30-16-22(27-28-30)21-7-4-5-10-25-21/h2-8,10,16-17,19-20H,9,11-15H2,1H3,(H,26,31)/t17-,19+,20-/m0/s1. The number of fused-ring (bicyclic) bond motifs is 3. The number of methoxy groups -OCH3 is 1. The Kier molecular flexibility index (Phi) is 5.85. The highest BCUT2D eigenvalue weighted by Gasteiger charge is 2.43. The van der Waals surface area contributed by atoms with E-state index in [1.165, 1.54) is 0 Å². The zero-order valence-electron chi connectivity index (χ0n) is 18.2. The van der Waals surface area contributed by atoms with Gasteiger partial charge in [0.2, 0.25) is 5.91 Å². The molecule has 1 amide bonds. The number of carbonyl (C=O) groups excluding carboxylic acids is 1. The molecule has 0 spiro atoms. The van der Waals surface area contributed by atoms with Gasteiger partial charge in [-0.25, -0.2) is 0 Å². The monoisotopic (exact) mass is 432 g/mol. The lowest BCUT2D eigenvalue weighted by molar-refractivity contribution is -0.133. The maximum atomic E-state index is 13.0. The molecule has 3 saturated heterocycles. The molecular weight excluding hydrogens is 404 g/mol. The van der Waals surface area contributed by atoms with E-state index in [-0.39, 0.29) is 11.8 Å². The summed E-state index contributed by atoms with van der Waals surface area (Å²) in [5, 5.41) is 11.7. The van der Waals surface area contributed by atoms with Crippen LogP contribution in [0.4, 0.5) is 0 Å². The van der Waals surface area contributed by atoms with Gasteiger partial charge in [0.1, 0.15) is 11.4 Å². The first-order chi connectivity index (χ1) is 15.7. The minimum absolute atomic E-state index is 0.0366. The third kappa shape index (κ3) is 4.23. The number of ether oxygens (including phenoxy) is 1. The quantitative estimate of drug-likeness (QED) is 0.617. The maximum absolute atomic E-state index is 13.0. The normalized spacial score (nSPS) is 24.3. The summed E-state index contributed by atoms with van der Waals surface area (Å²) in [6, 6.07) is 14.0. The maximum Gasteiger partial charge on any atom is 0.224 e. The lowest BCUT2D eigenvalue weighted by Crippen LogP contribution is -2.58. The van der Waals surface area contributed by atoms with Crippen LogP contribution in [0.3, 0.4) is 0 Å². The van der Waals surface area contributed by atoms with E-state index in [0.717, 1.165) is 55.2 Å². The van der Waals surface area contributed by atoms with Gasteiger partial charge in [-0.2, -0.15) is 0 Å². The first-order valence-electron chi connectivity index (χ1n) is 11.2. The van der Waals surface area contributed by atoms with Crippen molar-refractivity contribution in [3.8, 4) is 17.1 Å². The van der Waals surface area contributed by atoms with E-state index in [2.05, 4.69) is 25.5 Å². The molecule has 3 fully saturated rings. The number of nitrogens with zero attached hydrogens (tertiary/aromatic N) is 5. The molecule has 166 valence electrons. The third-order valence-electron chi connectivity index (χ3n) is 6.72. The number of carbonyl (C=O) groups is 1. The van der Waals surface area contributed by atoms with Crippen LogP contribution in [0, 0.1) is 11.8 Å². The highest BCUT2D eigenvalue weighted by atomic mass is 16.5. The molecule has 0 radical (unpaired) electrons. The molecule has 3 aromatic rings. The van der Waals surface area contributed by atoms with Crippen LogP contribution in [0.5, 0.6) is 5.75 Å². The highest BCUT2D eigenvalue weighted by molar-refractivity contribution is 5.79. The molecule has 8 heteroatoms. The van der Waals surface area contributed by atoms with Gasteiger partial charge in [0.05, 0.1) is 31.5 Å². The molecule has 1 aromatic carbocycles. The van der Waals surface area contributed by atoms with E-state index in [9.17, 15) is 4.79 Å². The van der Waals surface area contributed by atoms with Crippen LogP contribution in [-0.2, 0) is 17.9 Å². The number of hydrogen-bond donors (Lipinski definition) is 1. The molecule has 0 aliphatic carbocycles. The van der Waals surface area contributed by atoms with Crippen molar-refractivity contribution in [3.05, 3.63) is 60.4 Å². The molecule has 2 bridgehead atoms. The van der Waals surface area contributed by atoms with Gasteiger partial charge in [0, 0.05) is 30.9 Å². The number of rotatable bonds is 7. The van der Waals surface area contributed by atoms with E-state index in [4.69, 9.17) is 4.74 Å². The molecule has 0 saturated carbocycles. The Balaban J connectivity index is 1.19. The summed E-state index contributed by atoms with van der Waals surface area (Å²) in [6.45, 7) is 3.11. The Labute approximate surface area is 187 Å². The molecule has 3 aliphatic heterocycles. The predicted molar refractivity (Wildman–Crippen MR) is 120 cm³/mol. The molecule has 2 aromatic heterocycles. The smallest absolute Gasteiger partial charge is 0.224 e. The van der Waals surface area contributed by atoms with Crippen LogP contribution < -0.4 is 10.1 Å². The van der Waals surface area contributed by atoms with Gasteiger partial charge in [0.25, 0.3) is 0 Å². The number of piperidine rings is 3. The summed E-state index contributed by atoms with van der Waals surface area (Å²) < 4.78 is 7.31. The molecule has 5 heterocycles. The van der Waals surface area contributed by atoms with Gasteiger partial charge >= 0.3 is 0 Å². The van der Waals surface area contributed by atoms with Crippen molar-refractivity contribution in [3.63, 3.8) is 0 Å². The molecule has 32 heavy (non-hydrogen) atoms. The first kappa shape index (κ1) is 20.6. The van der Waals surface area contributed by atoms with Gasteiger partial charge in [-0.05, 0) is 43.5 Å². The summed E-state index contributed by atoms with van der Waals surface area (Å²) in [5.74, 6) is 1.39. The Morgan fingerprint density at radius 3 is 2.84 bits per heavy atom. The number of hydrogen-bond acceptors (Lipinski definition) is 6. The van der Waals surface area contributed by atoms with Crippen molar-refractivity contribution >= 4 is 5.91 Å². The fourth-order valence-corrected chi connectivity index (χ4v) is 5.02. The van der Waals surface area contributed by atoms with Crippen LogP contribution in [0.1, 0.15) is 18.4 Å². The predicted octanol–water partition coefficient (Wildman–Crippen LogP) is 2.38. The van der Waals surface area contributed by atoms with Crippen molar-refractivity contribution < 1.29 is 9.53 Å². The minimum atomic E-state index is 0.0366. The van der Waals surface area contributed by atoms with Crippen LogP contribution in [0.15, 0.2) is 54.9 Å². The van der Waals surface area contributed by atoms with E-state index >= 15 is 0 Å². The van der Waals surface area contributed by atoms with Gasteiger partial charge < -0.3 is 10.1 Å². The number of aromatic nitrogens is 4. The summed E-state index contributed by atoms with van der Waals surface area (Å²) in [4.78, 5) is 19.8. The molecule has 8 nitrogen and oxygen atoms in total. The number of benzene rings is 1. The van der Waals surface area contributed by atoms with Crippen LogP contribution in [-0.4, -0.2) is 57.0 Å². The average molecular weight is 433 g/mol. The molecule has 3 aliphatic rings. The van der Waals surface area contributed by atoms with E-state index in [0.29, 0.717) is 18.5 Å². The third-order valence-corrected chi connectivity index (χ3v) is 6.72. The SMILES string of the molecule is COc1ccccc1CNC(=O)[C@H]1CN2CC[C@H]1C[C@@H]2Cn1cc(-c2ccccn2)nn1. The van der Waals surface area contributed by atoms with Crippen molar-refractivity contribution in [1.82, 2.24) is 30.2 Å². The number of amides is 1. The summed E-state index contributed by atoms with van der Waals surface area (Å²) >= 11 is 0. The Morgan fingerprint density at radius 2 is 2.06 bits per heavy atom. The zero-order chi connectivity index (χ0) is 21.9. The number of para-hydroxylation sites is 1.